The summed E-state index contributed by atoms with van der Waals surface area (Å²) in [6.07, 6.45) is 3.72. The van der Waals surface area contributed by atoms with Gasteiger partial charge in [-0.05, 0) is 23.6 Å². The van der Waals surface area contributed by atoms with E-state index in [0.717, 1.165) is 10.8 Å². The Morgan fingerprint density at radius 2 is 1.68 bits per heavy atom. The number of rotatable bonds is 4. The van der Waals surface area contributed by atoms with Crippen LogP contribution in [0.15, 0.2) is 67.0 Å². The number of Topliss-reactive ketones (excluding diaryl/α,β-unsaturated/α-hetero) is 1. The van der Waals surface area contributed by atoms with Gasteiger partial charge in [-0.3, -0.25) is 9.59 Å². The fourth-order valence-corrected chi connectivity index (χ4v) is 2.37. The number of primary amides is 1. The summed E-state index contributed by atoms with van der Waals surface area (Å²) in [5.74, 6) is -0.392. The lowest BCUT2D eigenvalue weighted by Crippen LogP contribution is -2.37. The first-order chi connectivity index (χ1) is 10.6. The number of hydrogen-bond acceptors (Lipinski definition) is 2. The van der Waals surface area contributed by atoms with E-state index < -0.39 is 5.91 Å². The van der Waals surface area contributed by atoms with E-state index in [1.54, 1.807) is 12.1 Å². The molecule has 1 aromatic heterocycles. The number of carbonyl (C=O) groups excluding carboxylic acids is 2. The predicted molar refractivity (Wildman–Crippen MR) is 83.4 cm³/mol. The number of pyridine rings is 1. The maximum Gasteiger partial charge on any atom is 0.248 e. The zero-order valence-electron chi connectivity index (χ0n) is 11.9. The highest BCUT2D eigenvalue weighted by Gasteiger charge is 2.12. The van der Waals surface area contributed by atoms with Gasteiger partial charge in [-0.15, -0.1) is 0 Å². The lowest BCUT2D eigenvalue weighted by molar-refractivity contribution is -0.681. The van der Waals surface area contributed by atoms with Crippen molar-refractivity contribution < 1.29 is 14.2 Å². The van der Waals surface area contributed by atoms with Gasteiger partial charge in [0, 0.05) is 22.6 Å². The molecule has 4 nitrogen and oxygen atoms in total. The van der Waals surface area contributed by atoms with Crippen molar-refractivity contribution in [2.75, 3.05) is 0 Å². The lowest BCUT2D eigenvalue weighted by atomic mass is 10.1. The smallest absolute Gasteiger partial charge is 0.248 e. The van der Waals surface area contributed by atoms with Gasteiger partial charge < -0.3 is 5.73 Å². The fraction of sp³-hybridized carbons (Fsp3) is 0.0556. The molecule has 3 rings (SSSR count). The summed E-state index contributed by atoms with van der Waals surface area (Å²) >= 11 is 0. The maximum absolute atomic E-state index is 12.2. The molecule has 0 aliphatic rings. The molecule has 0 aliphatic carbocycles. The molecule has 1 amide bonds. The minimum absolute atomic E-state index is 0.0544. The van der Waals surface area contributed by atoms with Crippen molar-refractivity contribution in [2.24, 2.45) is 5.73 Å². The number of carbonyl (C=O) groups is 2. The minimum Gasteiger partial charge on any atom is -0.366 e. The van der Waals surface area contributed by atoms with E-state index in [2.05, 4.69) is 0 Å². The van der Waals surface area contributed by atoms with Crippen LogP contribution in [0.1, 0.15) is 20.7 Å². The van der Waals surface area contributed by atoms with Crippen molar-refractivity contribution in [1.82, 2.24) is 0 Å². The number of benzene rings is 2. The van der Waals surface area contributed by atoms with Gasteiger partial charge in [-0.1, -0.05) is 30.3 Å². The summed E-state index contributed by atoms with van der Waals surface area (Å²) in [6, 6.07) is 16.4. The van der Waals surface area contributed by atoms with Gasteiger partial charge in [0.25, 0.3) is 0 Å². The lowest BCUT2D eigenvalue weighted by Gasteiger charge is -2.01. The highest BCUT2D eigenvalue weighted by atomic mass is 16.1. The summed E-state index contributed by atoms with van der Waals surface area (Å²) in [4.78, 5) is 23.4. The molecule has 2 aromatic carbocycles. The molecule has 22 heavy (non-hydrogen) atoms. The molecule has 108 valence electrons. The molecule has 0 radical (unpaired) electrons. The Kier molecular flexibility index (Phi) is 3.66. The number of nitrogens with zero attached hydrogens (tertiary/aromatic N) is 1. The van der Waals surface area contributed by atoms with Crippen molar-refractivity contribution >= 4 is 22.5 Å². The summed E-state index contributed by atoms with van der Waals surface area (Å²) in [5.41, 5.74) is 6.45. The summed E-state index contributed by atoms with van der Waals surface area (Å²) < 4.78 is 1.83. The zero-order chi connectivity index (χ0) is 15.5. The fourth-order valence-electron chi connectivity index (χ4n) is 2.37. The van der Waals surface area contributed by atoms with Crippen LogP contribution in [0, 0.1) is 0 Å². The average molecular weight is 291 g/mol. The van der Waals surface area contributed by atoms with Gasteiger partial charge in [-0.2, -0.15) is 4.57 Å². The Morgan fingerprint density at radius 1 is 0.909 bits per heavy atom. The highest BCUT2D eigenvalue weighted by molar-refractivity contribution is 5.97. The SMILES string of the molecule is NC(=O)c1ccc2c[n+](CC(=O)c3ccccc3)ccc2c1. The van der Waals surface area contributed by atoms with Crippen LogP contribution in [-0.4, -0.2) is 11.7 Å². The molecular weight excluding hydrogens is 276 g/mol. The van der Waals surface area contributed by atoms with Crippen molar-refractivity contribution in [3.05, 3.63) is 78.1 Å². The molecule has 1 heterocycles. The minimum atomic E-state index is -0.446. The van der Waals surface area contributed by atoms with E-state index >= 15 is 0 Å². The Balaban J connectivity index is 1.88. The zero-order valence-corrected chi connectivity index (χ0v) is 11.9. The first-order valence-corrected chi connectivity index (χ1v) is 6.94. The standard InChI is InChI=1S/C18H14N2O2/c19-18(22)15-6-7-16-11-20(9-8-14(16)10-15)12-17(21)13-4-2-1-3-5-13/h1-11H,12H2,(H-,19,22)/p+1. The van der Waals surface area contributed by atoms with Crippen LogP contribution in [-0.2, 0) is 6.54 Å². The molecule has 0 saturated carbocycles. The first kappa shape index (κ1) is 13.9. The van der Waals surface area contributed by atoms with Crippen LogP contribution >= 0.6 is 0 Å². The molecule has 4 heteroatoms. The molecule has 0 fully saturated rings. The van der Waals surface area contributed by atoms with Gasteiger partial charge in [0.05, 0.1) is 0 Å². The summed E-state index contributed by atoms with van der Waals surface area (Å²) in [5, 5.41) is 1.87. The van der Waals surface area contributed by atoms with E-state index in [4.69, 9.17) is 5.73 Å². The summed E-state index contributed by atoms with van der Waals surface area (Å²) in [6.45, 7) is 0.275. The molecule has 0 spiro atoms. The van der Waals surface area contributed by atoms with Gasteiger partial charge in [0.2, 0.25) is 18.2 Å². The van der Waals surface area contributed by atoms with Crippen LogP contribution in [0.5, 0.6) is 0 Å². The van der Waals surface area contributed by atoms with E-state index in [0.29, 0.717) is 11.1 Å². The third-order valence-electron chi connectivity index (χ3n) is 3.54. The van der Waals surface area contributed by atoms with Gasteiger partial charge in [0.15, 0.2) is 12.4 Å². The van der Waals surface area contributed by atoms with Crippen LogP contribution in [0.4, 0.5) is 0 Å². The number of ketones is 1. The molecule has 0 unspecified atom stereocenters. The predicted octanol–water partition coefficient (Wildman–Crippen LogP) is 2.11. The molecule has 0 atom stereocenters. The number of nitrogens with two attached hydrogens (primary N) is 1. The average Bonchev–Trinajstić information content (AvgIpc) is 2.55. The van der Waals surface area contributed by atoms with E-state index in [-0.39, 0.29) is 12.3 Å². The van der Waals surface area contributed by atoms with Crippen LogP contribution in [0.3, 0.4) is 0 Å². The van der Waals surface area contributed by atoms with Gasteiger partial charge in [0.1, 0.15) is 0 Å². The molecule has 3 aromatic rings. The Morgan fingerprint density at radius 3 is 2.41 bits per heavy atom. The number of fused-ring (bicyclic) bond motifs is 1. The highest BCUT2D eigenvalue weighted by Crippen LogP contribution is 2.13. The molecule has 0 saturated heterocycles. The molecule has 0 bridgehead atoms. The number of aromatic nitrogens is 1. The normalized spacial score (nSPS) is 10.5. The largest absolute Gasteiger partial charge is 0.366 e. The quantitative estimate of drug-likeness (QED) is 0.591. The topological polar surface area (TPSA) is 64.0 Å². The number of hydrogen-bond donors (Lipinski definition) is 1. The van der Waals surface area contributed by atoms with Crippen LogP contribution in [0.2, 0.25) is 0 Å². The Hall–Kier alpha value is -3.01. The Labute approximate surface area is 127 Å². The van der Waals surface area contributed by atoms with Crippen molar-refractivity contribution in [3.8, 4) is 0 Å². The van der Waals surface area contributed by atoms with E-state index in [1.807, 2.05) is 59.4 Å². The van der Waals surface area contributed by atoms with Crippen LogP contribution < -0.4 is 10.3 Å². The molecule has 0 aliphatic heterocycles. The number of amides is 1. The second kappa shape index (κ2) is 5.77. The summed E-state index contributed by atoms with van der Waals surface area (Å²) in [7, 11) is 0. The van der Waals surface area contributed by atoms with E-state index in [9.17, 15) is 9.59 Å². The second-order valence-electron chi connectivity index (χ2n) is 5.11. The third-order valence-corrected chi connectivity index (χ3v) is 3.54. The monoisotopic (exact) mass is 291 g/mol. The van der Waals surface area contributed by atoms with E-state index in [1.165, 1.54) is 0 Å². The van der Waals surface area contributed by atoms with Gasteiger partial charge >= 0.3 is 0 Å². The van der Waals surface area contributed by atoms with Gasteiger partial charge in [-0.25, -0.2) is 0 Å². The first-order valence-electron chi connectivity index (χ1n) is 6.94. The molecule has 2 N–H and O–H groups in total. The third kappa shape index (κ3) is 2.86. The van der Waals surface area contributed by atoms with Crippen molar-refractivity contribution in [1.29, 1.82) is 0 Å². The Bertz CT molecular complexity index is 857. The van der Waals surface area contributed by atoms with Crippen LogP contribution in [0.25, 0.3) is 10.8 Å². The maximum atomic E-state index is 12.2. The molecular formula is C18H15N2O2+. The second-order valence-corrected chi connectivity index (χ2v) is 5.11. The van der Waals surface area contributed by atoms with Crippen molar-refractivity contribution in [3.63, 3.8) is 0 Å². The van der Waals surface area contributed by atoms with Crippen molar-refractivity contribution in [2.45, 2.75) is 6.54 Å².